The van der Waals surface area contributed by atoms with Crippen molar-refractivity contribution in [1.82, 2.24) is 10.2 Å². The van der Waals surface area contributed by atoms with Crippen LogP contribution in [0.5, 0.6) is 5.75 Å². The van der Waals surface area contributed by atoms with E-state index in [9.17, 15) is 17.6 Å². The van der Waals surface area contributed by atoms with Crippen LogP contribution >= 0.6 is 11.6 Å². The first kappa shape index (κ1) is 24.4. The van der Waals surface area contributed by atoms with Gasteiger partial charge in [-0.05, 0) is 37.1 Å². The second kappa shape index (κ2) is 11.1. The standard InChI is InChI=1S/C22H22ClFN4O4S2/c23-17-10-20(32-22(29)27-21-13-33(14-26-21)34(30)31)18(24)11-19(17)25-12-16-5-2-1-4-15(16)6-9-28-7-3-8-28/h1-2,4-5,10-11,13-14,25H,3,6-9,12H2,(H,27,29). The molecule has 180 valence electrons. The van der Waals surface area contributed by atoms with Crippen molar-refractivity contribution < 1.29 is 22.3 Å². The van der Waals surface area contributed by atoms with Gasteiger partial charge in [0.1, 0.15) is 5.82 Å². The number of likely N-dealkylation sites (tertiary alicyclic amines) is 1. The average molecular weight is 525 g/mol. The number of carbonyl (C=O) groups excluding carboxylic acids is 1. The van der Waals surface area contributed by atoms with E-state index in [1.54, 1.807) is 0 Å². The Bertz CT molecular complexity index is 1300. The summed E-state index contributed by atoms with van der Waals surface area (Å²) < 4.78 is 41.5. The molecule has 1 fully saturated rings. The lowest BCUT2D eigenvalue weighted by atomic mass is 10.0. The molecule has 8 nitrogen and oxygen atoms in total. The molecular weight excluding hydrogens is 503 g/mol. The Balaban J connectivity index is 1.37. The van der Waals surface area contributed by atoms with Crippen molar-refractivity contribution in [3.8, 4) is 5.75 Å². The van der Waals surface area contributed by atoms with Crippen LogP contribution in [-0.2, 0) is 31.7 Å². The van der Waals surface area contributed by atoms with Gasteiger partial charge in [0.25, 0.3) is 0 Å². The summed E-state index contributed by atoms with van der Waals surface area (Å²) in [4.78, 5) is 18.2. The minimum atomic E-state index is -2.37. The monoisotopic (exact) mass is 524 g/mol. The second-order valence-electron chi connectivity index (χ2n) is 7.61. The molecule has 2 heterocycles. The zero-order valence-corrected chi connectivity index (χ0v) is 20.4. The lowest BCUT2D eigenvalue weighted by Crippen LogP contribution is -2.38. The third-order valence-corrected chi connectivity index (χ3v) is 8.25. The smallest absolute Gasteiger partial charge is 0.407 e. The van der Waals surface area contributed by atoms with Crippen molar-refractivity contribution in [2.24, 2.45) is 4.99 Å². The molecule has 0 bridgehead atoms. The molecule has 34 heavy (non-hydrogen) atoms. The van der Waals surface area contributed by atoms with Crippen LogP contribution in [0.1, 0.15) is 17.5 Å². The van der Waals surface area contributed by atoms with E-state index < -0.39 is 30.6 Å². The summed E-state index contributed by atoms with van der Waals surface area (Å²) in [6, 6.07) is 10.5. The van der Waals surface area contributed by atoms with E-state index in [0.717, 1.165) is 31.6 Å². The van der Waals surface area contributed by atoms with Crippen LogP contribution in [0.4, 0.5) is 14.9 Å². The third kappa shape index (κ3) is 6.23. The first-order valence-corrected chi connectivity index (χ1v) is 13.8. The number of rotatable bonds is 8. The van der Waals surface area contributed by atoms with Crippen molar-refractivity contribution in [3.63, 3.8) is 0 Å². The fourth-order valence-corrected chi connectivity index (χ4v) is 5.27. The van der Waals surface area contributed by atoms with Gasteiger partial charge in [-0.2, -0.15) is 8.42 Å². The van der Waals surface area contributed by atoms with E-state index >= 15 is 0 Å². The van der Waals surface area contributed by atoms with Crippen LogP contribution < -0.4 is 15.4 Å². The van der Waals surface area contributed by atoms with E-state index in [4.69, 9.17) is 16.3 Å². The van der Waals surface area contributed by atoms with Crippen molar-refractivity contribution in [1.29, 1.82) is 0 Å². The molecule has 2 aliphatic rings. The van der Waals surface area contributed by atoms with Crippen LogP contribution in [0.15, 0.2) is 52.6 Å². The van der Waals surface area contributed by atoms with Gasteiger partial charge in [-0.3, -0.25) is 5.32 Å². The van der Waals surface area contributed by atoms with Gasteiger partial charge in [0.05, 0.1) is 16.3 Å². The fraction of sp³-hybridized carbons (Fsp3) is 0.273. The Labute approximate surface area is 204 Å². The number of benzene rings is 2. The summed E-state index contributed by atoms with van der Waals surface area (Å²) in [5.41, 5.74) is 3.87. The van der Waals surface area contributed by atoms with E-state index in [2.05, 4.69) is 26.6 Å². The van der Waals surface area contributed by atoms with Crippen LogP contribution in [0.2, 0.25) is 5.02 Å². The summed E-state index contributed by atoms with van der Waals surface area (Å²) in [6.45, 7) is 3.77. The number of hydrogen-bond donors (Lipinski definition) is 2. The zero-order valence-electron chi connectivity index (χ0n) is 18.0. The Hall–Kier alpha value is -2.73. The molecule has 1 amide bonds. The van der Waals surface area contributed by atoms with E-state index in [-0.39, 0.29) is 16.6 Å². The highest BCUT2D eigenvalue weighted by atomic mass is 35.5. The molecule has 1 saturated heterocycles. The maximum absolute atomic E-state index is 14.6. The number of hydrogen-bond acceptors (Lipinski definition) is 7. The van der Waals surface area contributed by atoms with Gasteiger partial charge in [-0.15, -0.1) is 0 Å². The van der Waals surface area contributed by atoms with Gasteiger partial charge in [0.15, 0.2) is 11.6 Å². The highest BCUT2D eigenvalue weighted by molar-refractivity contribution is 8.42. The largest absolute Gasteiger partial charge is 0.418 e. The second-order valence-corrected chi connectivity index (χ2v) is 11.5. The molecule has 2 aromatic rings. The van der Waals surface area contributed by atoms with Crippen molar-refractivity contribution in [2.45, 2.75) is 19.4 Å². The average Bonchev–Trinajstić information content (AvgIpc) is 3.23. The first-order chi connectivity index (χ1) is 16.4. The number of nitrogens with one attached hydrogen (secondary N) is 2. The molecule has 2 N–H and O–H groups in total. The van der Waals surface area contributed by atoms with Gasteiger partial charge >= 0.3 is 6.09 Å². The highest BCUT2D eigenvalue weighted by Gasteiger charge is 2.17. The molecule has 0 aliphatic carbocycles. The SMILES string of the molecule is O=C(NC1=CS(=S(=O)=O)C=N1)Oc1cc(Cl)c(NCc2ccccc2CCN2CCC2)cc1F. The molecular formula is C22H22ClFN4O4S2. The molecule has 2 aliphatic heterocycles. The molecule has 0 radical (unpaired) electrons. The Morgan fingerprint density at radius 3 is 2.68 bits per heavy atom. The summed E-state index contributed by atoms with van der Waals surface area (Å²) in [6.07, 6.45) is 1.18. The molecule has 4 rings (SSSR count). The summed E-state index contributed by atoms with van der Waals surface area (Å²) in [7, 11) is -3.59. The molecule has 2 aromatic carbocycles. The molecule has 12 heteroatoms. The predicted octanol–water partition coefficient (Wildman–Crippen LogP) is 3.68. The molecule has 1 unspecified atom stereocenters. The van der Waals surface area contributed by atoms with Crippen molar-refractivity contribution in [3.05, 3.63) is 69.6 Å². The summed E-state index contributed by atoms with van der Waals surface area (Å²) in [5, 5.41) is 6.85. The van der Waals surface area contributed by atoms with Gasteiger partial charge < -0.3 is 15.0 Å². The van der Waals surface area contributed by atoms with Gasteiger partial charge in [0.2, 0.25) is 9.26 Å². The van der Waals surface area contributed by atoms with E-state index in [1.165, 1.54) is 35.1 Å². The maximum Gasteiger partial charge on any atom is 0.418 e. The Kier molecular flexibility index (Phi) is 7.99. The topological polar surface area (TPSA) is 100 Å². The van der Waals surface area contributed by atoms with Gasteiger partial charge in [-0.25, -0.2) is 14.2 Å². The fourth-order valence-electron chi connectivity index (χ4n) is 3.44. The minimum absolute atomic E-state index is 0.00935. The van der Waals surface area contributed by atoms with Gasteiger partial charge in [-0.1, -0.05) is 35.9 Å². The number of halogens is 2. The van der Waals surface area contributed by atoms with Crippen LogP contribution in [0.25, 0.3) is 0 Å². The zero-order chi connectivity index (χ0) is 24.1. The van der Waals surface area contributed by atoms with Crippen LogP contribution in [-0.4, -0.2) is 44.6 Å². The van der Waals surface area contributed by atoms with E-state index in [1.807, 2.05) is 18.2 Å². The third-order valence-electron chi connectivity index (χ3n) is 5.37. The van der Waals surface area contributed by atoms with Crippen molar-refractivity contribution in [2.75, 3.05) is 25.0 Å². The lowest BCUT2D eigenvalue weighted by molar-refractivity contribution is 0.184. The van der Waals surface area contributed by atoms with E-state index in [0.29, 0.717) is 12.2 Å². The number of nitrogens with zero attached hydrogens (tertiary/aromatic N) is 2. The van der Waals surface area contributed by atoms with Crippen molar-refractivity contribution >= 4 is 47.6 Å². The minimum Gasteiger partial charge on any atom is -0.407 e. The Morgan fingerprint density at radius 2 is 2.00 bits per heavy atom. The number of ether oxygens (including phenoxy) is 1. The Morgan fingerprint density at radius 1 is 1.24 bits per heavy atom. The lowest BCUT2D eigenvalue weighted by Gasteiger charge is -2.30. The molecule has 0 saturated carbocycles. The maximum atomic E-state index is 14.6. The number of carbonyl (C=O) groups is 1. The normalized spacial score (nSPS) is 17.1. The number of aliphatic imine (C=N–C) groups is 1. The molecule has 0 spiro atoms. The number of anilines is 1. The summed E-state index contributed by atoms with van der Waals surface area (Å²) in [5.74, 6) is -1.13. The molecule has 1 atom stereocenters. The van der Waals surface area contributed by atoms with Crippen LogP contribution in [0, 0.1) is 5.82 Å². The van der Waals surface area contributed by atoms with Crippen LogP contribution in [0.3, 0.4) is 0 Å². The summed E-state index contributed by atoms with van der Waals surface area (Å²) >= 11 is 6.29. The quantitative estimate of drug-likeness (QED) is 0.546. The number of amides is 1. The molecule has 0 aromatic heterocycles. The first-order valence-electron chi connectivity index (χ1n) is 10.5. The predicted molar refractivity (Wildman–Crippen MR) is 132 cm³/mol. The van der Waals surface area contributed by atoms with Gasteiger partial charge in [0, 0.05) is 40.1 Å². The highest BCUT2D eigenvalue weighted by Crippen LogP contribution is 2.31.